The van der Waals surface area contributed by atoms with E-state index in [2.05, 4.69) is 10.6 Å². The minimum Gasteiger partial charge on any atom is -0.507 e. The van der Waals surface area contributed by atoms with Gasteiger partial charge in [0, 0.05) is 17.3 Å². The molecule has 0 heterocycles. The van der Waals surface area contributed by atoms with E-state index in [4.69, 9.17) is 4.74 Å². The second-order valence-electron chi connectivity index (χ2n) is 6.54. The summed E-state index contributed by atoms with van der Waals surface area (Å²) in [6.45, 7) is 1.51. The summed E-state index contributed by atoms with van der Waals surface area (Å²) in [6.07, 6.45) is -1.31. The molecule has 3 amide bonds. The molecule has 154 valence electrons. The maximum absolute atomic E-state index is 12.4. The number of phenolic OH excluding ortho intramolecular Hbond substituents is 2. The van der Waals surface area contributed by atoms with Gasteiger partial charge in [0.15, 0.2) is 6.10 Å². The lowest BCUT2D eigenvalue weighted by Crippen LogP contribution is -2.44. The molecule has 3 aromatic rings. The molecule has 0 saturated heterocycles. The zero-order chi connectivity index (χ0) is 21.7. The third-order valence-electron chi connectivity index (χ3n) is 4.40. The number of nitrogens with one attached hydrogen (secondary N) is 2. The van der Waals surface area contributed by atoms with E-state index in [1.807, 2.05) is 30.3 Å². The number of carbonyl (C=O) groups is 3. The van der Waals surface area contributed by atoms with Crippen molar-refractivity contribution in [3.05, 3.63) is 71.8 Å². The topological polar surface area (TPSA) is 125 Å². The fourth-order valence-electron chi connectivity index (χ4n) is 2.81. The van der Waals surface area contributed by atoms with Gasteiger partial charge < -0.3 is 20.3 Å². The molecular formula is C22H20N2O6. The molecule has 0 saturated carbocycles. The summed E-state index contributed by atoms with van der Waals surface area (Å²) in [4.78, 5) is 36.4. The maximum Gasteiger partial charge on any atom is 0.342 e. The van der Waals surface area contributed by atoms with Gasteiger partial charge in [-0.3, -0.25) is 10.1 Å². The Morgan fingerprint density at radius 1 is 0.967 bits per heavy atom. The fourth-order valence-corrected chi connectivity index (χ4v) is 2.81. The van der Waals surface area contributed by atoms with Crippen LogP contribution in [0, 0.1) is 0 Å². The van der Waals surface area contributed by atoms with Crippen molar-refractivity contribution in [2.45, 2.75) is 19.6 Å². The smallest absolute Gasteiger partial charge is 0.342 e. The van der Waals surface area contributed by atoms with Crippen LogP contribution in [0.3, 0.4) is 0 Å². The van der Waals surface area contributed by atoms with Gasteiger partial charge in [0.2, 0.25) is 0 Å². The van der Waals surface area contributed by atoms with Crippen LogP contribution < -0.4 is 10.6 Å². The summed E-state index contributed by atoms with van der Waals surface area (Å²) in [5, 5.41) is 25.7. The standard InChI is InChI=1S/C22H20N2O6/c1-13(20(27)24-22(29)23-12-14-7-3-2-4-8-14)30-21(28)17-11-18(25)15-9-5-6-10-16(15)19(17)26/h2-11,13,25-26H,12H2,1H3,(H2,23,24,27,29)/t13-/m1/s1. The average Bonchev–Trinajstić information content (AvgIpc) is 2.75. The van der Waals surface area contributed by atoms with Gasteiger partial charge in [0.25, 0.3) is 5.91 Å². The van der Waals surface area contributed by atoms with E-state index in [0.29, 0.717) is 5.39 Å². The Bertz CT molecular complexity index is 1100. The summed E-state index contributed by atoms with van der Waals surface area (Å²) in [5.74, 6) is -2.44. The highest BCUT2D eigenvalue weighted by Gasteiger charge is 2.24. The number of hydrogen-bond acceptors (Lipinski definition) is 6. The van der Waals surface area contributed by atoms with Crippen LogP contribution in [0.15, 0.2) is 60.7 Å². The van der Waals surface area contributed by atoms with Gasteiger partial charge in [0.1, 0.15) is 17.1 Å². The Labute approximate surface area is 172 Å². The number of urea groups is 1. The number of esters is 1. The van der Waals surface area contributed by atoms with Gasteiger partial charge in [-0.25, -0.2) is 9.59 Å². The Hall–Kier alpha value is -4.07. The van der Waals surface area contributed by atoms with E-state index in [-0.39, 0.29) is 29.0 Å². The molecule has 30 heavy (non-hydrogen) atoms. The van der Waals surface area contributed by atoms with Crippen LogP contribution >= 0.6 is 0 Å². The number of rotatable bonds is 5. The molecule has 0 bridgehead atoms. The van der Waals surface area contributed by atoms with E-state index in [9.17, 15) is 24.6 Å². The lowest BCUT2D eigenvalue weighted by atomic mass is 10.0. The molecule has 8 heteroatoms. The quantitative estimate of drug-likeness (QED) is 0.380. The van der Waals surface area contributed by atoms with E-state index in [1.165, 1.54) is 13.0 Å². The number of carbonyl (C=O) groups excluding carboxylic acids is 3. The van der Waals surface area contributed by atoms with Gasteiger partial charge in [-0.15, -0.1) is 0 Å². The van der Waals surface area contributed by atoms with Gasteiger partial charge >= 0.3 is 12.0 Å². The Kier molecular flexibility index (Phi) is 6.17. The average molecular weight is 408 g/mol. The van der Waals surface area contributed by atoms with Crippen molar-refractivity contribution in [1.29, 1.82) is 0 Å². The first kappa shape index (κ1) is 20.7. The second-order valence-corrected chi connectivity index (χ2v) is 6.54. The molecule has 0 aliphatic rings. The van der Waals surface area contributed by atoms with Crippen LogP contribution in [0.25, 0.3) is 10.8 Å². The second kappa shape index (κ2) is 8.95. The first-order chi connectivity index (χ1) is 14.4. The van der Waals surface area contributed by atoms with E-state index < -0.39 is 24.0 Å². The number of ether oxygens (including phenoxy) is 1. The van der Waals surface area contributed by atoms with Crippen LogP contribution in [0.5, 0.6) is 11.5 Å². The van der Waals surface area contributed by atoms with E-state index in [1.54, 1.807) is 18.2 Å². The molecule has 0 aliphatic carbocycles. The predicted octanol–water partition coefficient (Wildman–Crippen LogP) is 2.82. The number of aromatic hydroxyl groups is 2. The number of fused-ring (bicyclic) bond motifs is 1. The molecule has 4 N–H and O–H groups in total. The largest absolute Gasteiger partial charge is 0.507 e. The number of benzene rings is 3. The minimum absolute atomic E-state index is 0.215. The molecule has 3 rings (SSSR count). The molecule has 0 aliphatic heterocycles. The van der Waals surface area contributed by atoms with E-state index in [0.717, 1.165) is 11.6 Å². The van der Waals surface area contributed by atoms with Crippen molar-refractivity contribution < 1.29 is 29.3 Å². The molecule has 0 fully saturated rings. The van der Waals surface area contributed by atoms with Crippen molar-refractivity contribution in [1.82, 2.24) is 10.6 Å². The number of imide groups is 1. The van der Waals surface area contributed by atoms with Gasteiger partial charge in [-0.05, 0) is 18.6 Å². The number of hydrogen-bond donors (Lipinski definition) is 4. The molecule has 1 atom stereocenters. The third kappa shape index (κ3) is 4.67. The van der Waals surface area contributed by atoms with Crippen molar-refractivity contribution in [2.75, 3.05) is 0 Å². The first-order valence-corrected chi connectivity index (χ1v) is 9.14. The maximum atomic E-state index is 12.4. The molecule has 0 spiro atoms. The Morgan fingerprint density at radius 2 is 1.60 bits per heavy atom. The zero-order valence-electron chi connectivity index (χ0n) is 16.1. The number of amides is 3. The van der Waals surface area contributed by atoms with Crippen molar-refractivity contribution >= 4 is 28.7 Å². The highest BCUT2D eigenvalue weighted by atomic mass is 16.5. The molecular weight excluding hydrogens is 388 g/mol. The highest BCUT2D eigenvalue weighted by molar-refractivity contribution is 6.04. The molecule has 0 radical (unpaired) electrons. The van der Waals surface area contributed by atoms with Gasteiger partial charge in [-0.1, -0.05) is 54.6 Å². The highest BCUT2D eigenvalue weighted by Crippen LogP contribution is 2.35. The van der Waals surface area contributed by atoms with Crippen LogP contribution in [-0.2, 0) is 16.1 Å². The predicted molar refractivity (Wildman–Crippen MR) is 109 cm³/mol. The van der Waals surface area contributed by atoms with Gasteiger partial charge in [-0.2, -0.15) is 0 Å². The third-order valence-corrected chi connectivity index (χ3v) is 4.40. The van der Waals surface area contributed by atoms with Gasteiger partial charge in [0.05, 0.1) is 0 Å². The summed E-state index contributed by atoms with van der Waals surface area (Å²) in [7, 11) is 0. The number of phenols is 2. The monoisotopic (exact) mass is 408 g/mol. The normalized spacial score (nSPS) is 11.5. The molecule has 0 aromatic heterocycles. The van der Waals surface area contributed by atoms with Crippen molar-refractivity contribution in [3.63, 3.8) is 0 Å². The summed E-state index contributed by atoms with van der Waals surface area (Å²) < 4.78 is 5.04. The SMILES string of the molecule is C[C@@H](OC(=O)c1cc(O)c2ccccc2c1O)C(=O)NC(=O)NCc1ccccc1. The molecule has 8 nitrogen and oxygen atoms in total. The molecule has 0 unspecified atom stereocenters. The van der Waals surface area contributed by atoms with Crippen LogP contribution in [-0.4, -0.2) is 34.2 Å². The lowest BCUT2D eigenvalue weighted by molar-refractivity contribution is -0.127. The van der Waals surface area contributed by atoms with E-state index >= 15 is 0 Å². The van der Waals surface area contributed by atoms with Crippen LogP contribution in [0.1, 0.15) is 22.8 Å². The van der Waals surface area contributed by atoms with Crippen LogP contribution in [0.4, 0.5) is 4.79 Å². The minimum atomic E-state index is -1.31. The summed E-state index contributed by atoms with van der Waals surface area (Å²) in [6, 6.07) is 15.9. The Balaban J connectivity index is 1.61. The van der Waals surface area contributed by atoms with Crippen molar-refractivity contribution in [2.24, 2.45) is 0 Å². The first-order valence-electron chi connectivity index (χ1n) is 9.14. The fraction of sp³-hybridized carbons (Fsp3) is 0.136. The Morgan fingerprint density at radius 3 is 2.30 bits per heavy atom. The van der Waals surface area contributed by atoms with Crippen molar-refractivity contribution in [3.8, 4) is 11.5 Å². The summed E-state index contributed by atoms with van der Waals surface area (Å²) in [5.41, 5.74) is 0.561. The molecule has 3 aromatic carbocycles. The lowest BCUT2D eigenvalue weighted by Gasteiger charge is -2.15. The summed E-state index contributed by atoms with van der Waals surface area (Å²) >= 11 is 0. The zero-order valence-corrected chi connectivity index (χ0v) is 16.1. The van der Waals surface area contributed by atoms with Crippen LogP contribution in [0.2, 0.25) is 0 Å².